The van der Waals surface area contributed by atoms with E-state index < -0.39 is 22.6 Å². The number of carbonyl (C=O) groups is 2. The lowest BCUT2D eigenvalue weighted by molar-refractivity contribution is -0.127. The number of ether oxygens (including phenoxy) is 1. The summed E-state index contributed by atoms with van der Waals surface area (Å²) in [6, 6.07) is 6.09. The molecule has 0 spiro atoms. The van der Waals surface area contributed by atoms with E-state index in [-0.39, 0.29) is 18.9 Å². The molecule has 0 bridgehead atoms. The van der Waals surface area contributed by atoms with Gasteiger partial charge in [0.1, 0.15) is 5.75 Å². The van der Waals surface area contributed by atoms with Crippen LogP contribution in [0.25, 0.3) is 0 Å². The topological polar surface area (TPSA) is 105 Å². The van der Waals surface area contributed by atoms with Gasteiger partial charge in [-0.05, 0) is 30.5 Å². The third-order valence-electron chi connectivity index (χ3n) is 4.59. The number of nitrogens with one attached hydrogen (secondary N) is 1. The molecular formula is C20H31N3O5S. The molecule has 0 saturated carbocycles. The van der Waals surface area contributed by atoms with Crippen LogP contribution in [0.3, 0.4) is 0 Å². The number of rotatable bonds is 12. The van der Waals surface area contributed by atoms with Crippen LogP contribution in [0, 0.1) is 0 Å². The van der Waals surface area contributed by atoms with Gasteiger partial charge in [-0.25, -0.2) is 4.79 Å². The van der Waals surface area contributed by atoms with Gasteiger partial charge in [0.05, 0.1) is 19.6 Å². The molecule has 9 heteroatoms. The highest BCUT2D eigenvalue weighted by Crippen LogP contribution is 2.15. The Morgan fingerprint density at radius 2 is 1.83 bits per heavy atom. The van der Waals surface area contributed by atoms with Gasteiger partial charge in [-0.3, -0.25) is 9.69 Å². The van der Waals surface area contributed by atoms with Crippen molar-refractivity contribution in [3.8, 4) is 5.75 Å². The molecule has 1 rings (SSSR count). The van der Waals surface area contributed by atoms with Crippen LogP contribution >= 0.6 is 0 Å². The highest BCUT2D eigenvalue weighted by Gasteiger charge is 2.22. The molecule has 0 heterocycles. The van der Waals surface area contributed by atoms with Crippen molar-refractivity contribution in [2.24, 2.45) is 4.36 Å². The SMILES string of the molecule is CCCCCCC(CCN(C(=O)Cc1ccc(OC)cc1)C(=O)NC)N=S(=O)=O. The first-order valence-corrected chi connectivity index (χ1v) is 10.9. The summed E-state index contributed by atoms with van der Waals surface area (Å²) in [7, 11) is 0.499. The fourth-order valence-electron chi connectivity index (χ4n) is 2.94. The van der Waals surface area contributed by atoms with Crippen molar-refractivity contribution in [2.45, 2.75) is 57.9 Å². The lowest BCUT2D eigenvalue weighted by Gasteiger charge is -2.22. The minimum atomic E-state index is -2.52. The molecule has 1 unspecified atom stereocenters. The van der Waals surface area contributed by atoms with Crippen molar-refractivity contribution in [1.82, 2.24) is 10.2 Å². The lowest BCUT2D eigenvalue weighted by Crippen LogP contribution is -2.44. The van der Waals surface area contributed by atoms with Crippen LogP contribution in [0.4, 0.5) is 4.79 Å². The van der Waals surface area contributed by atoms with Gasteiger partial charge in [-0.15, -0.1) is 0 Å². The summed E-state index contributed by atoms with van der Waals surface area (Å²) >= 11 is 0. The maximum atomic E-state index is 12.7. The molecule has 1 atom stereocenters. The molecule has 29 heavy (non-hydrogen) atoms. The number of unbranched alkanes of at least 4 members (excludes halogenated alkanes) is 3. The number of amides is 3. The van der Waals surface area contributed by atoms with Crippen molar-refractivity contribution in [3.63, 3.8) is 0 Å². The van der Waals surface area contributed by atoms with E-state index in [9.17, 15) is 18.0 Å². The summed E-state index contributed by atoms with van der Waals surface area (Å²) in [5.74, 6) is 0.324. The molecule has 0 aliphatic rings. The second-order valence-electron chi connectivity index (χ2n) is 6.74. The standard InChI is InChI=1S/C20H31N3O5S/c1-4-5-6-7-8-17(22-29(26)27)13-14-23(20(25)21-2)19(24)15-16-9-11-18(28-3)12-10-16/h9-12,17H,4-8,13-15H2,1-3H3,(H,21,25). The average molecular weight is 426 g/mol. The summed E-state index contributed by atoms with van der Waals surface area (Å²) in [6.07, 6.45) is 5.01. The second kappa shape index (κ2) is 13.7. The number of benzene rings is 1. The number of urea groups is 1. The van der Waals surface area contributed by atoms with Crippen molar-refractivity contribution in [3.05, 3.63) is 29.8 Å². The zero-order valence-corrected chi connectivity index (χ0v) is 18.2. The molecule has 1 aromatic carbocycles. The largest absolute Gasteiger partial charge is 0.497 e. The van der Waals surface area contributed by atoms with Crippen molar-refractivity contribution < 1.29 is 22.7 Å². The van der Waals surface area contributed by atoms with Crippen LogP contribution in [0.1, 0.15) is 51.0 Å². The van der Waals surface area contributed by atoms with E-state index in [1.54, 1.807) is 31.4 Å². The van der Waals surface area contributed by atoms with E-state index >= 15 is 0 Å². The van der Waals surface area contributed by atoms with Crippen LogP contribution in [0.5, 0.6) is 5.75 Å². The van der Waals surface area contributed by atoms with E-state index in [4.69, 9.17) is 4.74 Å². The molecule has 0 radical (unpaired) electrons. The van der Waals surface area contributed by atoms with Gasteiger partial charge >= 0.3 is 16.5 Å². The Morgan fingerprint density at radius 1 is 1.14 bits per heavy atom. The Kier molecular flexibility index (Phi) is 11.6. The Labute approximate surface area is 174 Å². The molecule has 0 aliphatic heterocycles. The Bertz CT molecular complexity index is 770. The molecule has 1 aromatic rings. The van der Waals surface area contributed by atoms with Gasteiger partial charge in [-0.2, -0.15) is 12.8 Å². The summed E-state index contributed by atoms with van der Waals surface area (Å²) in [6.45, 7) is 2.21. The summed E-state index contributed by atoms with van der Waals surface area (Å²) in [5, 5.41) is 2.47. The first-order valence-electron chi connectivity index (χ1n) is 9.86. The lowest BCUT2D eigenvalue weighted by atomic mass is 10.0. The minimum absolute atomic E-state index is 0.0587. The minimum Gasteiger partial charge on any atom is -0.497 e. The molecule has 3 amide bonds. The zero-order chi connectivity index (χ0) is 21.6. The highest BCUT2D eigenvalue weighted by atomic mass is 32.2. The second-order valence-corrected chi connectivity index (χ2v) is 7.38. The smallest absolute Gasteiger partial charge is 0.323 e. The van der Waals surface area contributed by atoms with Gasteiger partial charge < -0.3 is 10.1 Å². The normalized spacial score (nSPS) is 11.4. The van der Waals surface area contributed by atoms with Crippen molar-refractivity contribution in [1.29, 1.82) is 0 Å². The van der Waals surface area contributed by atoms with E-state index in [1.807, 2.05) is 0 Å². The first-order chi connectivity index (χ1) is 13.9. The molecular weight excluding hydrogens is 394 g/mol. The summed E-state index contributed by atoms with van der Waals surface area (Å²) < 4.78 is 30.9. The third-order valence-corrected chi connectivity index (χ3v) is 5.06. The number of methoxy groups -OCH3 is 1. The first kappa shape index (κ1) is 24.6. The molecule has 1 N–H and O–H groups in total. The molecule has 0 aromatic heterocycles. The monoisotopic (exact) mass is 425 g/mol. The van der Waals surface area contributed by atoms with Crippen molar-refractivity contribution in [2.75, 3.05) is 20.7 Å². The molecule has 8 nitrogen and oxygen atoms in total. The molecule has 162 valence electrons. The average Bonchev–Trinajstić information content (AvgIpc) is 2.70. The zero-order valence-electron chi connectivity index (χ0n) is 17.4. The maximum Gasteiger partial charge on any atom is 0.323 e. The van der Waals surface area contributed by atoms with Gasteiger partial charge in [0.15, 0.2) is 0 Å². The van der Waals surface area contributed by atoms with Crippen LogP contribution in [0.15, 0.2) is 28.6 Å². The number of nitrogens with zero attached hydrogens (tertiary/aromatic N) is 2. The van der Waals surface area contributed by atoms with Gasteiger partial charge in [0.2, 0.25) is 5.91 Å². The predicted octanol–water partition coefficient (Wildman–Crippen LogP) is 3.20. The predicted molar refractivity (Wildman–Crippen MR) is 111 cm³/mol. The van der Waals surface area contributed by atoms with Crippen LogP contribution in [-0.2, 0) is 21.7 Å². The number of imide groups is 1. The number of carbonyl (C=O) groups excluding carboxylic acids is 2. The Hall–Kier alpha value is -2.42. The fourth-order valence-corrected chi connectivity index (χ4v) is 3.40. The van der Waals surface area contributed by atoms with Crippen molar-refractivity contribution >= 4 is 22.4 Å². The fraction of sp³-hybridized carbons (Fsp3) is 0.600. The Balaban J connectivity index is 2.77. The van der Waals surface area contributed by atoms with Crippen LogP contribution < -0.4 is 10.1 Å². The van der Waals surface area contributed by atoms with Crippen LogP contribution in [0.2, 0.25) is 0 Å². The Morgan fingerprint density at radius 3 is 2.38 bits per heavy atom. The van der Waals surface area contributed by atoms with Gasteiger partial charge in [0.25, 0.3) is 0 Å². The molecule has 0 fully saturated rings. The van der Waals surface area contributed by atoms with Gasteiger partial charge in [0, 0.05) is 13.6 Å². The molecule has 0 aliphatic carbocycles. The number of hydrogen-bond acceptors (Lipinski definition) is 6. The van der Waals surface area contributed by atoms with E-state index in [0.717, 1.165) is 36.1 Å². The van der Waals surface area contributed by atoms with Crippen LogP contribution in [-0.4, -0.2) is 52.0 Å². The van der Waals surface area contributed by atoms with E-state index in [1.165, 1.54) is 7.05 Å². The quantitative estimate of drug-likeness (QED) is 0.518. The summed E-state index contributed by atoms with van der Waals surface area (Å²) in [4.78, 5) is 26.0. The molecule has 0 saturated heterocycles. The summed E-state index contributed by atoms with van der Waals surface area (Å²) in [5.41, 5.74) is 0.756. The number of hydrogen-bond donors (Lipinski definition) is 1. The van der Waals surface area contributed by atoms with E-state index in [2.05, 4.69) is 16.6 Å². The third kappa shape index (κ3) is 9.56. The van der Waals surface area contributed by atoms with Gasteiger partial charge in [-0.1, -0.05) is 44.7 Å². The maximum absolute atomic E-state index is 12.7. The van der Waals surface area contributed by atoms with E-state index in [0.29, 0.717) is 18.6 Å². The highest BCUT2D eigenvalue weighted by molar-refractivity contribution is 7.61.